The van der Waals surface area contributed by atoms with E-state index in [9.17, 15) is 31.2 Å². The van der Waals surface area contributed by atoms with E-state index >= 15 is 0 Å². The van der Waals surface area contributed by atoms with E-state index < -0.39 is 52.1 Å². The van der Waals surface area contributed by atoms with E-state index in [4.69, 9.17) is 9.47 Å². The Balaban J connectivity index is 1.64. The van der Waals surface area contributed by atoms with Crippen LogP contribution in [0.1, 0.15) is 27.1 Å². The topological polar surface area (TPSA) is 96.0 Å². The van der Waals surface area contributed by atoms with Crippen LogP contribution in [0.25, 0.3) is 0 Å². The average Bonchev–Trinajstić information content (AvgIpc) is 2.75. The van der Waals surface area contributed by atoms with Gasteiger partial charge in [0.05, 0.1) is 30.4 Å². The van der Waals surface area contributed by atoms with Gasteiger partial charge in [-0.25, -0.2) is 9.59 Å². The molecule has 0 heterocycles. The predicted molar refractivity (Wildman–Crippen MR) is 105 cm³/mol. The molecule has 2 aromatic carbocycles. The standard InChI is InChI=1S/C21H19F3O7S/c22-21(23,24)32(27,28)31-18-11-16(12-29-19(25)14-7-3-1-4-8-14)17(18)13-30-20(26)15-9-5-2-6-10-15/h1-10,16-18H,11-13H2/t16-,17-,18+/m1/s1. The van der Waals surface area contributed by atoms with E-state index in [1.807, 2.05) is 0 Å². The van der Waals surface area contributed by atoms with Crippen molar-refractivity contribution in [2.75, 3.05) is 13.2 Å². The van der Waals surface area contributed by atoms with Gasteiger partial charge < -0.3 is 9.47 Å². The Morgan fingerprint density at radius 2 is 1.31 bits per heavy atom. The molecule has 0 aromatic heterocycles. The summed E-state index contributed by atoms with van der Waals surface area (Å²) in [6, 6.07) is 15.9. The smallest absolute Gasteiger partial charge is 0.462 e. The van der Waals surface area contributed by atoms with Crippen LogP contribution in [0.4, 0.5) is 13.2 Å². The number of hydrogen-bond donors (Lipinski definition) is 0. The molecule has 1 saturated carbocycles. The van der Waals surface area contributed by atoms with Gasteiger partial charge in [0, 0.05) is 11.8 Å². The van der Waals surface area contributed by atoms with E-state index in [0.29, 0.717) is 0 Å². The third-order valence-corrected chi connectivity index (χ3v) is 6.07. The van der Waals surface area contributed by atoms with E-state index in [2.05, 4.69) is 4.18 Å². The maximum absolute atomic E-state index is 12.7. The van der Waals surface area contributed by atoms with E-state index in [1.165, 1.54) is 24.3 Å². The third kappa shape index (κ3) is 5.65. The summed E-state index contributed by atoms with van der Waals surface area (Å²) in [5, 5.41) is 0. The molecule has 0 bridgehead atoms. The summed E-state index contributed by atoms with van der Waals surface area (Å²) in [4.78, 5) is 24.3. The highest BCUT2D eigenvalue weighted by Gasteiger charge is 2.53. The number of esters is 2. The molecule has 0 aliphatic heterocycles. The monoisotopic (exact) mass is 472 g/mol. The van der Waals surface area contributed by atoms with Crippen LogP contribution in [0.3, 0.4) is 0 Å². The maximum Gasteiger partial charge on any atom is 0.523 e. The Hall–Kier alpha value is -2.92. The first-order valence-electron chi connectivity index (χ1n) is 9.52. The van der Waals surface area contributed by atoms with Gasteiger partial charge in [0.15, 0.2) is 0 Å². The summed E-state index contributed by atoms with van der Waals surface area (Å²) in [6.45, 7) is -0.605. The largest absolute Gasteiger partial charge is 0.523 e. The molecule has 2 aromatic rings. The van der Waals surface area contributed by atoms with Gasteiger partial charge in [-0.15, -0.1) is 0 Å². The Kier molecular flexibility index (Phi) is 7.19. The number of alkyl halides is 3. The molecule has 3 atom stereocenters. The maximum atomic E-state index is 12.7. The molecule has 0 spiro atoms. The fourth-order valence-electron chi connectivity index (χ4n) is 3.19. The molecule has 1 aliphatic carbocycles. The molecular formula is C21H19F3O7S. The van der Waals surface area contributed by atoms with Crippen LogP contribution in [-0.2, 0) is 23.8 Å². The summed E-state index contributed by atoms with van der Waals surface area (Å²) in [5.74, 6) is -2.84. The first kappa shape index (κ1) is 23.7. The zero-order valence-corrected chi connectivity index (χ0v) is 17.3. The highest BCUT2D eigenvalue weighted by atomic mass is 32.2. The predicted octanol–water partition coefficient (Wildman–Crippen LogP) is 3.57. The molecule has 1 fully saturated rings. The van der Waals surface area contributed by atoms with Crippen molar-refractivity contribution in [3.63, 3.8) is 0 Å². The minimum Gasteiger partial charge on any atom is -0.462 e. The van der Waals surface area contributed by atoms with Crippen LogP contribution >= 0.6 is 0 Å². The van der Waals surface area contributed by atoms with Crippen LogP contribution in [-0.4, -0.2) is 45.2 Å². The molecule has 0 unspecified atom stereocenters. The molecule has 0 saturated heterocycles. The molecule has 0 amide bonds. The summed E-state index contributed by atoms with van der Waals surface area (Å²) in [5.41, 5.74) is -5.08. The highest BCUT2D eigenvalue weighted by Crippen LogP contribution is 2.41. The number of carbonyl (C=O) groups is 2. The highest BCUT2D eigenvalue weighted by molar-refractivity contribution is 7.87. The van der Waals surface area contributed by atoms with Crippen molar-refractivity contribution in [1.29, 1.82) is 0 Å². The second-order valence-corrected chi connectivity index (χ2v) is 8.69. The molecule has 1 aliphatic rings. The van der Waals surface area contributed by atoms with Crippen molar-refractivity contribution in [3.8, 4) is 0 Å². The van der Waals surface area contributed by atoms with E-state index in [0.717, 1.165) is 0 Å². The van der Waals surface area contributed by atoms with Crippen LogP contribution in [0, 0.1) is 11.8 Å². The van der Waals surface area contributed by atoms with Crippen LogP contribution in [0.2, 0.25) is 0 Å². The fraction of sp³-hybridized carbons (Fsp3) is 0.333. The minimum atomic E-state index is -5.83. The first-order valence-corrected chi connectivity index (χ1v) is 10.9. The molecule has 32 heavy (non-hydrogen) atoms. The van der Waals surface area contributed by atoms with E-state index in [1.54, 1.807) is 36.4 Å². The van der Waals surface area contributed by atoms with Gasteiger partial charge in [-0.2, -0.15) is 21.6 Å². The van der Waals surface area contributed by atoms with Crippen molar-refractivity contribution in [1.82, 2.24) is 0 Å². The Morgan fingerprint density at radius 1 is 0.844 bits per heavy atom. The quantitative estimate of drug-likeness (QED) is 0.329. The number of carbonyl (C=O) groups excluding carboxylic acids is 2. The lowest BCUT2D eigenvalue weighted by Crippen LogP contribution is -2.50. The minimum absolute atomic E-state index is 0.120. The van der Waals surface area contributed by atoms with Crippen LogP contribution in [0.15, 0.2) is 60.7 Å². The van der Waals surface area contributed by atoms with Crippen molar-refractivity contribution in [3.05, 3.63) is 71.8 Å². The lowest BCUT2D eigenvalue weighted by atomic mass is 9.72. The molecule has 3 rings (SSSR count). The van der Waals surface area contributed by atoms with Gasteiger partial charge in [0.2, 0.25) is 0 Å². The lowest BCUT2D eigenvalue weighted by molar-refractivity contribution is -0.0936. The molecule has 7 nitrogen and oxygen atoms in total. The van der Waals surface area contributed by atoms with Crippen molar-refractivity contribution < 1.29 is 44.8 Å². The molecule has 0 N–H and O–H groups in total. The summed E-state index contributed by atoms with van der Waals surface area (Å²) >= 11 is 0. The number of benzene rings is 2. The molecular weight excluding hydrogens is 453 g/mol. The van der Waals surface area contributed by atoms with Crippen LogP contribution in [0.5, 0.6) is 0 Å². The normalized spacial score (nSPS) is 20.8. The van der Waals surface area contributed by atoms with Gasteiger partial charge >= 0.3 is 27.6 Å². The van der Waals surface area contributed by atoms with Gasteiger partial charge in [0.1, 0.15) is 0 Å². The van der Waals surface area contributed by atoms with Crippen molar-refractivity contribution in [2.45, 2.75) is 18.0 Å². The molecule has 172 valence electrons. The molecule has 0 radical (unpaired) electrons. The summed E-state index contributed by atoms with van der Waals surface area (Å²) in [7, 11) is -5.83. The van der Waals surface area contributed by atoms with Crippen molar-refractivity contribution in [2.24, 2.45) is 11.8 Å². The second kappa shape index (κ2) is 9.70. The average molecular weight is 472 g/mol. The van der Waals surface area contributed by atoms with Gasteiger partial charge in [0.25, 0.3) is 0 Å². The number of hydrogen-bond acceptors (Lipinski definition) is 7. The van der Waals surface area contributed by atoms with E-state index in [-0.39, 0.29) is 24.2 Å². The molecule has 11 heteroatoms. The number of rotatable bonds is 8. The SMILES string of the molecule is O=C(OC[C@H]1C[C@H](OS(=O)(=O)C(F)(F)F)[C@@H]1COC(=O)c1ccccc1)c1ccccc1. The Labute approximate surface area is 182 Å². The Bertz CT molecular complexity index is 1040. The summed E-state index contributed by atoms with van der Waals surface area (Å²) in [6.07, 6.45) is -1.49. The third-order valence-electron chi connectivity index (χ3n) is 5.01. The van der Waals surface area contributed by atoms with Gasteiger partial charge in [-0.1, -0.05) is 36.4 Å². The zero-order valence-electron chi connectivity index (χ0n) is 16.5. The number of halogens is 3. The zero-order chi connectivity index (χ0) is 23.4. The Morgan fingerprint density at radius 3 is 1.78 bits per heavy atom. The van der Waals surface area contributed by atoms with Crippen LogP contribution < -0.4 is 0 Å². The second-order valence-electron chi connectivity index (χ2n) is 7.12. The number of ether oxygens (including phenoxy) is 2. The van der Waals surface area contributed by atoms with Gasteiger partial charge in [-0.05, 0) is 30.7 Å². The first-order chi connectivity index (χ1) is 15.1. The lowest BCUT2D eigenvalue weighted by Gasteiger charge is -2.42. The van der Waals surface area contributed by atoms with Gasteiger partial charge in [-0.3, -0.25) is 4.18 Å². The summed E-state index contributed by atoms with van der Waals surface area (Å²) < 4.78 is 75.5. The van der Waals surface area contributed by atoms with Crippen molar-refractivity contribution >= 4 is 22.1 Å². The fourth-order valence-corrected chi connectivity index (χ4v) is 3.84.